The number of imidazole rings is 1. The molecule has 0 bridgehead atoms. The van der Waals surface area contributed by atoms with Gasteiger partial charge in [0.05, 0.1) is 23.9 Å². The van der Waals surface area contributed by atoms with Crippen molar-refractivity contribution >= 4 is 23.6 Å². The highest BCUT2D eigenvalue weighted by Crippen LogP contribution is 2.01. The Morgan fingerprint density at radius 1 is 1.67 bits per heavy atom. The molecule has 3 N–H and O–H groups in total. The molecule has 1 atom stereocenters. The van der Waals surface area contributed by atoms with Crippen molar-refractivity contribution in [2.45, 2.75) is 12.5 Å². The standard InChI is InChI=1S/C10H12N4O3S/c11-1-2-18-5-9(15)14-8(10(16)17)3-7-4-12-6-13-7/h4,6,8H,2-3,5H2,(H,12,13)(H,14,15)(H,16,17)/t8-/m1/s1. The lowest BCUT2D eigenvalue weighted by Gasteiger charge is -2.13. The van der Waals surface area contributed by atoms with Gasteiger partial charge in [0.2, 0.25) is 5.91 Å². The van der Waals surface area contributed by atoms with Gasteiger partial charge in [-0.15, -0.1) is 11.8 Å². The van der Waals surface area contributed by atoms with Crippen molar-refractivity contribution in [1.29, 1.82) is 5.26 Å². The van der Waals surface area contributed by atoms with Crippen molar-refractivity contribution < 1.29 is 14.7 Å². The molecule has 1 rings (SSSR count). The third kappa shape index (κ3) is 4.88. The first kappa shape index (κ1) is 14.1. The van der Waals surface area contributed by atoms with Crippen molar-refractivity contribution in [2.24, 2.45) is 0 Å². The number of hydrogen-bond donors (Lipinski definition) is 3. The highest BCUT2D eigenvalue weighted by atomic mass is 32.2. The molecule has 0 saturated carbocycles. The Hall–Kier alpha value is -2.01. The molecule has 0 saturated heterocycles. The lowest BCUT2D eigenvalue weighted by molar-refractivity contribution is -0.141. The first-order valence-corrected chi connectivity index (χ1v) is 6.23. The Morgan fingerprint density at radius 2 is 2.44 bits per heavy atom. The molecule has 0 radical (unpaired) electrons. The van der Waals surface area contributed by atoms with Gasteiger partial charge in [-0.2, -0.15) is 5.26 Å². The number of nitrogens with one attached hydrogen (secondary N) is 2. The Balaban J connectivity index is 2.45. The number of nitriles is 1. The highest BCUT2D eigenvalue weighted by Gasteiger charge is 2.20. The number of aromatic amines is 1. The summed E-state index contributed by atoms with van der Waals surface area (Å²) in [5.74, 6) is -1.24. The molecule has 18 heavy (non-hydrogen) atoms. The number of aromatic nitrogens is 2. The second-order valence-corrected chi connectivity index (χ2v) is 4.38. The quantitative estimate of drug-likeness (QED) is 0.588. The Labute approximate surface area is 108 Å². The van der Waals surface area contributed by atoms with Crippen LogP contribution in [-0.4, -0.2) is 44.5 Å². The molecule has 0 aliphatic carbocycles. The molecule has 0 fully saturated rings. The molecule has 1 amide bonds. The van der Waals surface area contributed by atoms with Gasteiger partial charge in [-0.05, 0) is 0 Å². The van der Waals surface area contributed by atoms with Crippen molar-refractivity contribution in [1.82, 2.24) is 15.3 Å². The predicted molar refractivity (Wildman–Crippen MR) is 64.8 cm³/mol. The fourth-order valence-corrected chi connectivity index (χ4v) is 1.70. The molecule has 8 heteroatoms. The van der Waals surface area contributed by atoms with Gasteiger partial charge in [-0.3, -0.25) is 4.79 Å². The zero-order valence-corrected chi connectivity index (χ0v) is 10.2. The summed E-state index contributed by atoms with van der Waals surface area (Å²) >= 11 is 1.14. The number of nitrogens with zero attached hydrogens (tertiary/aromatic N) is 2. The van der Waals surface area contributed by atoms with Crippen LogP contribution in [0.2, 0.25) is 0 Å². The van der Waals surface area contributed by atoms with E-state index >= 15 is 0 Å². The van der Waals surface area contributed by atoms with Gasteiger partial charge < -0.3 is 15.4 Å². The fourth-order valence-electron chi connectivity index (χ4n) is 1.24. The van der Waals surface area contributed by atoms with E-state index in [0.717, 1.165) is 11.8 Å². The van der Waals surface area contributed by atoms with Crippen LogP contribution in [0.3, 0.4) is 0 Å². The van der Waals surface area contributed by atoms with Crippen LogP contribution in [0, 0.1) is 11.3 Å². The lowest BCUT2D eigenvalue weighted by atomic mass is 10.1. The average Bonchev–Trinajstić information content (AvgIpc) is 2.81. The van der Waals surface area contributed by atoms with Crippen molar-refractivity contribution in [3.63, 3.8) is 0 Å². The van der Waals surface area contributed by atoms with Crippen molar-refractivity contribution in [3.8, 4) is 6.07 Å². The summed E-state index contributed by atoms with van der Waals surface area (Å²) in [6, 6.07) is 0.889. The Morgan fingerprint density at radius 3 is 3.00 bits per heavy atom. The van der Waals surface area contributed by atoms with Gasteiger partial charge in [0, 0.05) is 18.3 Å². The van der Waals surface area contributed by atoms with Crippen molar-refractivity contribution in [2.75, 3.05) is 11.5 Å². The van der Waals surface area contributed by atoms with Gasteiger partial charge in [0.25, 0.3) is 0 Å². The molecule has 0 unspecified atom stereocenters. The smallest absolute Gasteiger partial charge is 0.326 e. The molecule has 1 aromatic rings. The van der Waals surface area contributed by atoms with Gasteiger partial charge >= 0.3 is 5.97 Å². The molecule has 1 heterocycles. The van der Waals surface area contributed by atoms with E-state index in [1.54, 1.807) is 0 Å². The number of carbonyl (C=O) groups excluding carboxylic acids is 1. The topological polar surface area (TPSA) is 119 Å². The van der Waals surface area contributed by atoms with E-state index in [-0.39, 0.29) is 17.9 Å². The van der Waals surface area contributed by atoms with Gasteiger partial charge in [-0.25, -0.2) is 9.78 Å². The lowest BCUT2D eigenvalue weighted by Crippen LogP contribution is -2.43. The number of carboxylic acids is 1. The van der Waals surface area contributed by atoms with E-state index in [9.17, 15) is 9.59 Å². The summed E-state index contributed by atoms with van der Waals surface area (Å²) in [7, 11) is 0. The average molecular weight is 268 g/mol. The van der Waals surface area contributed by atoms with Crippen LogP contribution in [0.15, 0.2) is 12.5 Å². The molecule has 0 aliphatic heterocycles. The minimum absolute atomic E-state index is 0.0698. The second kappa shape index (κ2) is 7.34. The zero-order chi connectivity index (χ0) is 13.4. The number of carboxylic acid groups (broad SMARTS) is 1. The minimum atomic E-state index is -1.11. The number of thioether (sulfide) groups is 1. The summed E-state index contributed by atoms with van der Waals surface area (Å²) < 4.78 is 0. The Kier molecular flexibility index (Phi) is 5.73. The van der Waals surface area contributed by atoms with Gasteiger partial charge in [0.15, 0.2) is 0 Å². The maximum Gasteiger partial charge on any atom is 0.326 e. The molecule has 1 aromatic heterocycles. The van der Waals surface area contributed by atoms with E-state index in [4.69, 9.17) is 10.4 Å². The summed E-state index contributed by atoms with van der Waals surface area (Å²) in [6.07, 6.45) is 3.09. The van der Waals surface area contributed by atoms with Crippen molar-refractivity contribution in [3.05, 3.63) is 18.2 Å². The van der Waals surface area contributed by atoms with Crippen LogP contribution in [-0.2, 0) is 16.0 Å². The summed E-state index contributed by atoms with van der Waals surface area (Å²) in [4.78, 5) is 29.0. The number of rotatable bonds is 7. The summed E-state index contributed by atoms with van der Waals surface area (Å²) in [6.45, 7) is 0. The number of aliphatic carboxylic acids is 1. The summed E-state index contributed by atoms with van der Waals surface area (Å²) in [5.41, 5.74) is 0.632. The monoisotopic (exact) mass is 268 g/mol. The molecule has 0 spiro atoms. The predicted octanol–water partition coefficient (Wildman–Crippen LogP) is -0.222. The first-order valence-electron chi connectivity index (χ1n) is 5.07. The summed E-state index contributed by atoms with van der Waals surface area (Å²) in [5, 5.41) is 19.7. The molecule has 0 aromatic carbocycles. The second-order valence-electron chi connectivity index (χ2n) is 3.39. The van der Waals surface area contributed by atoms with E-state index in [0.29, 0.717) is 5.69 Å². The first-order chi connectivity index (χ1) is 8.63. The van der Waals surface area contributed by atoms with Crippen LogP contribution >= 0.6 is 11.8 Å². The van der Waals surface area contributed by atoms with E-state index < -0.39 is 17.9 Å². The van der Waals surface area contributed by atoms with Crippen LogP contribution < -0.4 is 5.32 Å². The van der Waals surface area contributed by atoms with Crippen LogP contribution in [0.5, 0.6) is 0 Å². The minimum Gasteiger partial charge on any atom is -0.480 e. The number of amides is 1. The van der Waals surface area contributed by atoms with E-state index in [2.05, 4.69) is 15.3 Å². The zero-order valence-electron chi connectivity index (χ0n) is 9.42. The van der Waals surface area contributed by atoms with Crippen LogP contribution in [0.25, 0.3) is 0 Å². The van der Waals surface area contributed by atoms with E-state index in [1.807, 2.05) is 6.07 Å². The fraction of sp³-hybridized carbons (Fsp3) is 0.400. The normalized spacial score (nSPS) is 11.5. The van der Waals surface area contributed by atoms with Gasteiger partial charge in [-0.1, -0.05) is 0 Å². The Bertz CT molecular complexity index is 440. The number of carbonyl (C=O) groups is 2. The third-order valence-corrected chi connectivity index (χ3v) is 2.81. The van der Waals surface area contributed by atoms with Crippen LogP contribution in [0.1, 0.15) is 5.69 Å². The van der Waals surface area contributed by atoms with Crippen LogP contribution in [0.4, 0.5) is 0 Å². The largest absolute Gasteiger partial charge is 0.480 e. The number of hydrogen-bond acceptors (Lipinski definition) is 5. The SMILES string of the molecule is N#CCSCC(=O)N[C@H](Cc1cnc[nH]1)C(=O)O. The molecular weight excluding hydrogens is 256 g/mol. The third-order valence-electron chi connectivity index (χ3n) is 2.01. The molecule has 0 aliphatic rings. The maximum atomic E-state index is 11.4. The van der Waals surface area contributed by atoms with Gasteiger partial charge in [0.1, 0.15) is 6.04 Å². The number of H-pyrrole nitrogens is 1. The highest BCUT2D eigenvalue weighted by molar-refractivity contribution is 8.00. The molecular formula is C10H12N4O3S. The maximum absolute atomic E-state index is 11.4. The molecule has 96 valence electrons. The van der Waals surface area contributed by atoms with E-state index in [1.165, 1.54) is 12.5 Å². The molecule has 7 nitrogen and oxygen atoms in total.